The number of carbonyl (C=O) groups excluding carboxylic acids is 1. The van der Waals surface area contributed by atoms with Crippen molar-refractivity contribution >= 4 is 40.0 Å². The number of nitrogen functional groups attached to an aromatic ring is 1. The van der Waals surface area contributed by atoms with E-state index in [1.54, 1.807) is 11.8 Å². The summed E-state index contributed by atoms with van der Waals surface area (Å²) in [6.45, 7) is 2.19. The summed E-state index contributed by atoms with van der Waals surface area (Å²) < 4.78 is 4.15. The standard InChI is InChI=1S/C11H18N4OS2/c1-14(7-8(16)15-5-3-4-6-15)11-9(17-2)10(12)13-18-11/h3-7H2,1-2H3,(H2,12,13). The molecule has 0 unspecified atom stereocenters. The lowest BCUT2D eigenvalue weighted by atomic mass is 10.4. The van der Waals surface area contributed by atoms with E-state index in [1.165, 1.54) is 11.5 Å². The van der Waals surface area contributed by atoms with Gasteiger partial charge in [0, 0.05) is 20.1 Å². The number of nitrogens with zero attached hydrogens (tertiary/aromatic N) is 3. The fraction of sp³-hybridized carbons (Fsp3) is 0.636. The first-order chi connectivity index (χ1) is 8.63. The Morgan fingerprint density at radius 3 is 2.83 bits per heavy atom. The molecular formula is C11H18N4OS2. The van der Waals surface area contributed by atoms with Crippen LogP contribution >= 0.6 is 23.3 Å². The molecule has 0 aromatic carbocycles. The number of rotatable bonds is 4. The molecule has 1 fully saturated rings. The summed E-state index contributed by atoms with van der Waals surface area (Å²) in [5.74, 6) is 0.747. The van der Waals surface area contributed by atoms with Crippen LogP contribution in [0.4, 0.5) is 10.8 Å². The van der Waals surface area contributed by atoms with E-state index in [1.807, 2.05) is 23.1 Å². The summed E-state index contributed by atoms with van der Waals surface area (Å²) in [6, 6.07) is 0. The zero-order valence-corrected chi connectivity index (χ0v) is 12.3. The van der Waals surface area contributed by atoms with Crippen molar-refractivity contribution in [1.82, 2.24) is 9.27 Å². The van der Waals surface area contributed by atoms with Gasteiger partial charge in [-0.05, 0) is 30.6 Å². The maximum absolute atomic E-state index is 12.1. The van der Waals surface area contributed by atoms with E-state index >= 15 is 0 Å². The maximum atomic E-state index is 12.1. The van der Waals surface area contributed by atoms with E-state index in [0.717, 1.165) is 35.8 Å². The van der Waals surface area contributed by atoms with Crippen LogP contribution in [-0.4, -0.2) is 48.1 Å². The molecule has 18 heavy (non-hydrogen) atoms. The first-order valence-electron chi connectivity index (χ1n) is 5.91. The summed E-state index contributed by atoms with van der Waals surface area (Å²) in [7, 11) is 1.92. The van der Waals surface area contributed by atoms with Crippen molar-refractivity contribution in [2.75, 3.05) is 43.6 Å². The monoisotopic (exact) mass is 286 g/mol. The number of likely N-dealkylation sites (tertiary alicyclic amines) is 1. The van der Waals surface area contributed by atoms with Crippen molar-refractivity contribution in [3.8, 4) is 0 Å². The minimum absolute atomic E-state index is 0.189. The average Bonchev–Trinajstić information content (AvgIpc) is 2.97. The second-order valence-corrected chi connectivity index (χ2v) is 5.92. The summed E-state index contributed by atoms with van der Waals surface area (Å²) in [4.78, 5) is 16.9. The lowest BCUT2D eigenvalue weighted by Gasteiger charge is -2.22. The largest absolute Gasteiger partial charge is 0.382 e. The van der Waals surface area contributed by atoms with Gasteiger partial charge in [-0.3, -0.25) is 4.79 Å². The van der Waals surface area contributed by atoms with Gasteiger partial charge in [0.05, 0.1) is 11.4 Å². The second kappa shape index (κ2) is 5.79. The van der Waals surface area contributed by atoms with Crippen LogP contribution in [0, 0.1) is 0 Å². The SMILES string of the molecule is CSc1c(N)nsc1N(C)CC(=O)N1CCCC1. The molecule has 1 saturated heterocycles. The van der Waals surface area contributed by atoms with Crippen molar-refractivity contribution in [2.45, 2.75) is 17.7 Å². The van der Waals surface area contributed by atoms with Crippen LogP contribution in [-0.2, 0) is 4.79 Å². The Kier molecular flexibility index (Phi) is 4.34. The van der Waals surface area contributed by atoms with E-state index in [4.69, 9.17) is 5.73 Å². The number of hydrogen-bond acceptors (Lipinski definition) is 6. The topological polar surface area (TPSA) is 62.5 Å². The first-order valence-corrected chi connectivity index (χ1v) is 7.91. The normalized spacial score (nSPS) is 15.1. The molecule has 2 N–H and O–H groups in total. The number of hydrogen-bond donors (Lipinski definition) is 1. The molecule has 2 rings (SSSR count). The van der Waals surface area contributed by atoms with Gasteiger partial charge < -0.3 is 15.5 Å². The molecule has 1 amide bonds. The highest BCUT2D eigenvalue weighted by Crippen LogP contribution is 2.36. The van der Waals surface area contributed by atoms with Gasteiger partial charge >= 0.3 is 0 Å². The van der Waals surface area contributed by atoms with Gasteiger partial charge in [-0.25, -0.2) is 0 Å². The number of thioether (sulfide) groups is 1. The molecule has 1 aromatic rings. The van der Waals surface area contributed by atoms with Crippen LogP contribution in [0.2, 0.25) is 0 Å². The van der Waals surface area contributed by atoms with E-state index in [0.29, 0.717) is 12.4 Å². The maximum Gasteiger partial charge on any atom is 0.242 e. The van der Waals surface area contributed by atoms with Crippen molar-refractivity contribution < 1.29 is 4.79 Å². The van der Waals surface area contributed by atoms with Crippen molar-refractivity contribution in [2.24, 2.45) is 0 Å². The molecule has 2 heterocycles. The molecule has 0 spiro atoms. The summed E-state index contributed by atoms with van der Waals surface area (Å²) in [5, 5.41) is 0.979. The predicted octanol–water partition coefficient (Wildman–Crippen LogP) is 1.51. The summed E-state index contributed by atoms with van der Waals surface area (Å²) >= 11 is 2.93. The zero-order valence-electron chi connectivity index (χ0n) is 10.7. The first kappa shape index (κ1) is 13.5. The molecule has 0 aliphatic carbocycles. The molecule has 1 aliphatic rings. The quantitative estimate of drug-likeness (QED) is 0.850. The number of carbonyl (C=O) groups is 1. The van der Waals surface area contributed by atoms with Gasteiger partial charge in [-0.2, -0.15) is 4.37 Å². The Hall–Kier alpha value is -0.950. The molecule has 0 saturated carbocycles. The molecule has 0 radical (unpaired) electrons. The van der Waals surface area contributed by atoms with Gasteiger partial charge in [0.1, 0.15) is 5.00 Å². The van der Waals surface area contributed by atoms with E-state index in [-0.39, 0.29) is 5.91 Å². The summed E-state index contributed by atoms with van der Waals surface area (Å²) in [5.41, 5.74) is 5.80. The van der Waals surface area contributed by atoms with Gasteiger partial charge in [0.15, 0.2) is 5.82 Å². The summed E-state index contributed by atoms with van der Waals surface area (Å²) in [6.07, 6.45) is 4.22. The highest BCUT2D eigenvalue weighted by atomic mass is 32.2. The third-order valence-electron chi connectivity index (χ3n) is 3.04. The van der Waals surface area contributed by atoms with Gasteiger partial charge in [-0.1, -0.05) is 0 Å². The molecular weight excluding hydrogens is 268 g/mol. The molecule has 1 aromatic heterocycles. The highest BCUT2D eigenvalue weighted by molar-refractivity contribution is 7.99. The lowest BCUT2D eigenvalue weighted by molar-refractivity contribution is -0.128. The smallest absolute Gasteiger partial charge is 0.242 e. The molecule has 100 valence electrons. The molecule has 5 nitrogen and oxygen atoms in total. The van der Waals surface area contributed by atoms with Crippen molar-refractivity contribution in [3.63, 3.8) is 0 Å². The van der Waals surface area contributed by atoms with Crippen molar-refractivity contribution in [3.05, 3.63) is 0 Å². The third-order valence-corrected chi connectivity index (χ3v) is 4.96. The van der Waals surface area contributed by atoms with Crippen LogP contribution in [0.25, 0.3) is 0 Å². The minimum atomic E-state index is 0.189. The van der Waals surface area contributed by atoms with Gasteiger partial charge in [0.2, 0.25) is 5.91 Å². The number of likely N-dealkylation sites (N-methyl/N-ethyl adjacent to an activating group) is 1. The van der Waals surface area contributed by atoms with Crippen LogP contribution < -0.4 is 10.6 Å². The average molecular weight is 286 g/mol. The number of anilines is 2. The molecule has 0 bridgehead atoms. The lowest BCUT2D eigenvalue weighted by Crippen LogP contribution is -2.37. The molecule has 0 atom stereocenters. The van der Waals surface area contributed by atoms with Gasteiger partial charge in [-0.15, -0.1) is 11.8 Å². The fourth-order valence-electron chi connectivity index (χ4n) is 2.06. The Morgan fingerprint density at radius 1 is 1.56 bits per heavy atom. The van der Waals surface area contributed by atoms with E-state index in [9.17, 15) is 4.79 Å². The second-order valence-electron chi connectivity index (χ2n) is 4.35. The molecule has 7 heteroatoms. The van der Waals surface area contributed by atoms with Crippen molar-refractivity contribution in [1.29, 1.82) is 0 Å². The van der Waals surface area contributed by atoms with Crippen LogP contribution in [0.5, 0.6) is 0 Å². The Labute approximate surface area is 115 Å². The molecule has 1 aliphatic heterocycles. The van der Waals surface area contributed by atoms with E-state index in [2.05, 4.69) is 4.37 Å². The fourth-order valence-corrected chi connectivity index (χ4v) is 3.73. The Bertz CT molecular complexity index is 429. The van der Waals surface area contributed by atoms with Crippen LogP contribution in [0.1, 0.15) is 12.8 Å². The third kappa shape index (κ3) is 2.72. The minimum Gasteiger partial charge on any atom is -0.382 e. The highest BCUT2D eigenvalue weighted by Gasteiger charge is 2.21. The Balaban J connectivity index is 2.02. The number of aromatic nitrogens is 1. The van der Waals surface area contributed by atoms with E-state index < -0.39 is 0 Å². The Morgan fingerprint density at radius 2 is 2.22 bits per heavy atom. The van der Waals surface area contributed by atoms with Gasteiger partial charge in [0.25, 0.3) is 0 Å². The number of nitrogens with two attached hydrogens (primary N) is 1. The van der Waals surface area contributed by atoms with Crippen LogP contribution in [0.3, 0.4) is 0 Å². The van der Waals surface area contributed by atoms with Crippen LogP contribution in [0.15, 0.2) is 4.90 Å². The predicted molar refractivity (Wildman–Crippen MR) is 77.4 cm³/mol. The zero-order chi connectivity index (χ0) is 13.1. The number of amides is 1.